The van der Waals surface area contributed by atoms with Crippen LogP contribution >= 0.6 is 11.6 Å². The van der Waals surface area contributed by atoms with Crippen LogP contribution in [0.2, 0.25) is 5.02 Å². The number of carbonyl (C=O) groups is 1. The van der Waals surface area contributed by atoms with Crippen molar-refractivity contribution in [1.82, 2.24) is 15.3 Å². The highest BCUT2D eigenvalue weighted by molar-refractivity contribution is 7.91. The number of nitrogens with one attached hydrogen (secondary N) is 2. The second kappa shape index (κ2) is 6.97. The molecule has 1 aromatic heterocycles. The zero-order chi connectivity index (χ0) is 18.0. The first-order valence-electron chi connectivity index (χ1n) is 7.70. The van der Waals surface area contributed by atoms with Crippen LogP contribution in [-0.4, -0.2) is 41.8 Å². The van der Waals surface area contributed by atoms with Crippen molar-refractivity contribution in [2.75, 3.05) is 16.8 Å². The normalized spacial score (nSPS) is 18.7. The molecular formula is C16H17ClN4O3S. The zero-order valence-corrected chi connectivity index (χ0v) is 15.1. The number of hydrogen-bond acceptors (Lipinski definition) is 6. The predicted molar refractivity (Wildman–Crippen MR) is 96.0 cm³/mol. The lowest BCUT2D eigenvalue weighted by Gasteiger charge is -2.12. The molecule has 0 aliphatic carbocycles. The SMILES string of the molecule is Cc1cc(C(=O)NC2CCS(=O)(=O)C2)nc(Nc2ccc(Cl)cc2)n1. The van der Waals surface area contributed by atoms with Gasteiger partial charge in [-0.3, -0.25) is 4.79 Å². The monoisotopic (exact) mass is 380 g/mol. The average Bonchev–Trinajstić information content (AvgIpc) is 2.88. The summed E-state index contributed by atoms with van der Waals surface area (Å²) >= 11 is 5.85. The van der Waals surface area contributed by atoms with Crippen molar-refractivity contribution in [2.24, 2.45) is 0 Å². The zero-order valence-electron chi connectivity index (χ0n) is 13.5. The summed E-state index contributed by atoms with van der Waals surface area (Å²) in [7, 11) is -3.05. The Kier molecular flexibility index (Phi) is 4.91. The predicted octanol–water partition coefficient (Wildman–Crippen LogP) is 2.10. The van der Waals surface area contributed by atoms with Gasteiger partial charge in [-0.05, 0) is 43.7 Å². The van der Waals surface area contributed by atoms with Crippen molar-refractivity contribution < 1.29 is 13.2 Å². The molecule has 2 aromatic rings. The molecule has 1 aliphatic rings. The Morgan fingerprint density at radius 1 is 1.24 bits per heavy atom. The Hall–Kier alpha value is -2.19. The van der Waals surface area contributed by atoms with Gasteiger partial charge in [0.15, 0.2) is 9.84 Å². The van der Waals surface area contributed by atoms with Crippen LogP contribution in [0.5, 0.6) is 0 Å². The fourth-order valence-corrected chi connectivity index (χ4v) is 4.37. The molecule has 1 aromatic carbocycles. The van der Waals surface area contributed by atoms with Crippen molar-refractivity contribution in [3.63, 3.8) is 0 Å². The molecule has 0 bridgehead atoms. The van der Waals surface area contributed by atoms with Gasteiger partial charge in [-0.1, -0.05) is 11.6 Å². The van der Waals surface area contributed by atoms with E-state index in [1.54, 1.807) is 37.3 Å². The number of amides is 1. The average molecular weight is 381 g/mol. The molecule has 1 atom stereocenters. The molecule has 0 radical (unpaired) electrons. The van der Waals surface area contributed by atoms with E-state index < -0.39 is 15.7 Å². The summed E-state index contributed by atoms with van der Waals surface area (Å²) in [6.45, 7) is 1.76. The van der Waals surface area contributed by atoms with E-state index in [0.29, 0.717) is 17.1 Å². The summed E-state index contributed by atoms with van der Waals surface area (Å²) in [6, 6.07) is 8.20. The molecule has 1 saturated heterocycles. The van der Waals surface area contributed by atoms with E-state index in [2.05, 4.69) is 20.6 Å². The van der Waals surface area contributed by atoms with E-state index in [1.165, 1.54) is 0 Å². The maximum atomic E-state index is 12.4. The van der Waals surface area contributed by atoms with Gasteiger partial charge in [-0.2, -0.15) is 0 Å². The number of sulfone groups is 1. The van der Waals surface area contributed by atoms with Gasteiger partial charge in [-0.15, -0.1) is 0 Å². The maximum absolute atomic E-state index is 12.4. The first kappa shape index (κ1) is 17.6. The van der Waals surface area contributed by atoms with Gasteiger partial charge in [0.2, 0.25) is 5.95 Å². The number of rotatable bonds is 4. The minimum atomic E-state index is -3.05. The number of aryl methyl sites for hydroxylation is 1. The largest absolute Gasteiger partial charge is 0.347 e. The Morgan fingerprint density at radius 3 is 2.60 bits per heavy atom. The van der Waals surface area contributed by atoms with E-state index in [4.69, 9.17) is 11.6 Å². The van der Waals surface area contributed by atoms with E-state index in [1.807, 2.05) is 0 Å². The molecule has 25 heavy (non-hydrogen) atoms. The van der Waals surface area contributed by atoms with Crippen molar-refractivity contribution in [3.8, 4) is 0 Å². The maximum Gasteiger partial charge on any atom is 0.270 e. The minimum absolute atomic E-state index is 0.0291. The summed E-state index contributed by atoms with van der Waals surface area (Å²) in [6.07, 6.45) is 0.425. The number of halogens is 1. The third-order valence-electron chi connectivity index (χ3n) is 3.75. The lowest BCUT2D eigenvalue weighted by atomic mass is 10.2. The summed E-state index contributed by atoms with van der Waals surface area (Å²) in [5, 5.41) is 6.35. The van der Waals surface area contributed by atoms with Gasteiger partial charge in [0.25, 0.3) is 5.91 Å². The standard InChI is InChI=1S/C16H17ClN4O3S/c1-10-8-14(15(22)19-13-6-7-25(23,24)9-13)21-16(18-10)20-12-4-2-11(17)3-5-12/h2-5,8,13H,6-7,9H2,1H3,(H,19,22)(H,18,20,21). The molecule has 2 N–H and O–H groups in total. The van der Waals surface area contributed by atoms with Crippen LogP contribution < -0.4 is 10.6 Å². The van der Waals surface area contributed by atoms with E-state index >= 15 is 0 Å². The number of carbonyl (C=O) groups excluding carboxylic acids is 1. The molecule has 3 rings (SSSR count). The molecule has 0 spiro atoms. The second-order valence-electron chi connectivity index (χ2n) is 5.92. The molecule has 1 amide bonds. The molecule has 132 valence electrons. The molecule has 0 saturated carbocycles. The molecule has 1 aliphatic heterocycles. The Balaban J connectivity index is 1.74. The topological polar surface area (TPSA) is 101 Å². The van der Waals surface area contributed by atoms with E-state index in [-0.39, 0.29) is 29.2 Å². The third kappa shape index (κ3) is 4.67. The summed E-state index contributed by atoms with van der Waals surface area (Å²) < 4.78 is 23.0. The van der Waals surface area contributed by atoms with Crippen LogP contribution in [0.25, 0.3) is 0 Å². The summed E-state index contributed by atoms with van der Waals surface area (Å²) in [5.41, 5.74) is 1.55. The highest BCUT2D eigenvalue weighted by Gasteiger charge is 2.29. The number of hydrogen-bond donors (Lipinski definition) is 2. The van der Waals surface area contributed by atoms with Crippen LogP contribution in [0.4, 0.5) is 11.6 Å². The Morgan fingerprint density at radius 2 is 1.96 bits per heavy atom. The molecular weight excluding hydrogens is 364 g/mol. The van der Waals surface area contributed by atoms with Gasteiger partial charge in [-0.25, -0.2) is 18.4 Å². The van der Waals surface area contributed by atoms with Crippen LogP contribution in [-0.2, 0) is 9.84 Å². The van der Waals surface area contributed by atoms with Crippen molar-refractivity contribution >= 4 is 39.0 Å². The molecule has 7 nitrogen and oxygen atoms in total. The quantitative estimate of drug-likeness (QED) is 0.842. The van der Waals surface area contributed by atoms with Gasteiger partial charge >= 0.3 is 0 Å². The number of aromatic nitrogens is 2. The van der Waals surface area contributed by atoms with Crippen LogP contribution in [0.3, 0.4) is 0 Å². The van der Waals surface area contributed by atoms with Gasteiger partial charge in [0.1, 0.15) is 5.69 Å². The van der Waals surface area contributed by atoms with Crippen LogP contribution in [0, 0.1) is 6.92 Å². The molecule has 2 heterocycles. The fourth-order valence-electron chi connectivity index (χ4n) is 2.57. The Labute approximate surface area is 150 Å². The lowest BCUT2D eigenvalue weighted by Crippen LogP contribution is -2.36. The molecule has 1 fully saturated rings. The van der Waals surface area contributed by atoms with E-state index in [9.17, 15) is 13.2 Å². The van der Waals surface area contributed by atoms with Crippen molar-refractivity contribution in [2.45, 2.75) is 19.4 Å². The smallest absolute Gasteiger partial charge is 0.270 e. The number of anilines is 2. The third-order valence-corrected chi connectivity index (χ3v) is 5.77. The first-order valence-corrected chi connectivity index (χ1v) is 9.90. The number of benzene rings is 1. The van der Waals surface area contributed by atoms with Crippen LogP contribution in [0.1, 0.15) is 22.6 Å². The van der Waals surface area contributed by atoms with Gasteiger partial charge < -0.3 is 10.6 Å². The summed E-state index contributed by atoms with van der Waals surface area (Å²) in [5.74, 6) is -0.0544. The van der Waals surface area contributed by atoms with Crippen molar-refractivity contribution in [3.05, 3.63) is 46.7 Å². The van der Waals surface area contributed by atoms with Gasteiger partial charge in [0.05, 0.1) is 11.5 Å². The van der Waals surface area contributed by atoms with Gasteiger partial charge in [0, 0.05) is 22.4 Å². The first-order chi connectivity index (χ1) is 11.8. The van der Waals surface area contributed by atoms with E-state index in [0.717, 1.165) is 5.69 Å². The van der Waals surface area contributed by atoms with Crippen molar-refractivity contribution in [1.29, 1.82) is 0 Å². The van der Waals surface area contributed by atoms with Crippen LogP contribution in [0.15, 0.2) is 30.3 Å². The highest BCUT2D eigenvalue weighted by Crippen LogP contribution is 2.17. The number of nitrogens with zero attached hydrogens (tertiary/aromatic N) is 2. The Bertz CT molecular complexity index is 900. The summed E-state index contributed by atoms with van der Waals surface area (Å²) in [4.78, 5) is 20.8. The molecule has 9 heteroatoms. The highest BCUT2D eigenvalue weighted by atomic mass is 35.5. The lowest BCUT2D eigenvalue weighted by molar-refractivity contribution is 0.0936. The minimum Gasteiger partial charge on any atom is -0.347 e. The second-order valence-corrected chi connectivity index (χ2v) is 8.59. The fraction of sp³-hybridized carbons (Fsp3) is 0.312. The molecule has 1 unspecified atom stereocenters.